The normalized spacial score (nSPS) is 18.3. The molecule has 51 heavy (non-hydrogen) atoms. The van der Waals surface area contributed by atoms with E-state index in [1.165, 1.54) is 0 Å². The first-order chi connectivity index (χ1) is 24.8. The van der Waals surface area contributed by atoms with Crippen molar-refractivity contribution >= 4 is 46.1 Å². The third-order valence-corrected chi connectivity index (χ3v) is 11.1. The van der Waals surface area contributed by atoms with Crippen LogP contribution in [-0.4, -0.2) is 92.4 Å². The summed E-state index contributed by atoms with van der Waals surface area (Å²) in [6.07, 6.45) is 4.39. The van der Waals surface area contributed by atoms with Gasteiger partial charge in [0.2, 0.25) is 11.7 Å². The topological polar surface area (TPSA) is 85.4 Å². The predicted octanol–water partition coefficient (Wildman–Crippen LogP) is 7.40. The highest BCUT2D eigenvalue weighted by Gasteiger charge is 2.42. The fraction of sp³-hybridized carbons (Fsp3) is 0.385. The molecule has 2 aliphatic heterocycles. The summed E-state index contributed by atoms with van der Waals surface area (Å²) in [6, 6.07) is 21.6. The van der Waals surface area contributed by atoms with E-state index < -0.39 is 0 Å². The van der Waals surface area contributed by atoms with Gasteiger partial charge in [-0.25, -0.2) is 4.98 Å². The highest BCUT2D eigenvalue weighted by Crippen LogP contribution is 2.43. The maximum Gasteiger partial charge on any atom is 0.254 e. The van der Waals surface area contributed by atoms with Crippen LogP contribution in [0.15, 0.2) is 77.4 Å². The van der Waals surface area contributed by atoms with Gasteiger partial charge in [0.1, 0.15) is 5.76 Å². The van der Waals surface area contributed by atoms with Crippen molar-refractivity contribution in [3.8, 4) is 17.2 Å². The van der Waals surface area contributed by atoms with Crippen molar-refractivity contribution in [1.82, 2.24) is 19.4 Å². The van der Waals surface area contributed by atoms with Crippen molar-refractivity contribution in [2.45, 2.75) is 31.2 Å². The monoisotopic (exact) mass is 731 g/mol. The highest BCUT2D eigenvalue weighted by atomic mass is 35.5. The molecule has 2 fully saturated rings. The van der Waals surface area contributed by atoms with Crippen LogP contribution in [0.3, 0.4) is 0 Å². The molecule has 12 heteroatoms. The molecule has 1 atom stereocenters. The number of ether oxygens (including phenoxy) is 3. The number of hydrogen-bond acceptors (Lipinski definition) is 8. The Bertz CT molecular complexity index is 1970. The van der Waals surface area contributed by atoms with Crippen molar-refractivity contribution in [2.75, 3.05) is 72.0 Å². The van der Waals surface area contributed by atoms with Crippen LogP contribution in [0.5, 0.6) is 17.2 Å². The number of imidazole rings is 1. The summed E-state index contributed by atoms with van der Waals surface area (Å²) in [7, 11) is 4.65. The van der Waals surface area contributed by atoms with Crippen molar-refractivity contribution in [1.29, 1.82) is 0 Å². The average molecular weight is 733 g/mol. The number of halogens is 2. The van der Waals surface area contributed by atoms with Crippen molar-refractivity contribution in [2.24, 2.45) is 0 Å². The number of carbonyl (C=O) groups excluding carboxylic acids is 1. The minimum absolute atomic E-state index is 0.0842. The standard InChI is InChI=1S/C39H43Cl2N5O5/c1-48-34-22-27(23-35(49-2)36(34)50-3)37(47)45-18-14-39(26-45,28-11-12-30(40)31(41)24-28)13-17-43-15-7-16-44(20-19-43)38-42-32-9-4-5-10-33(32)46(38)25-29-8-6-21-51-29/h4-6,8-12,21-24H,7,13-20,25-26H2,1-3H3. The summed E-state index contributed by atoms with van der Waals surface area (Å²) >= 11 is 13.0. The molecule has 2 aromatic heterocycles. The van der Waals surface area contributed by atoms with E-state index in [1.807, 2.05) is 35.2 Å². The van der Waals surface area contributed by atoms with Crippen LogP contribution in [0.1, 0.15) is 40.9 Å². The summed E-state index contributed by atoms with van der Waals surface area (Å²) in [5.74, 6) is 3.13. The van der Waals surface area contributed by atoms with Crippen molar-refractivity contribution < 1.29 is 23.4 Å². The molecule has 1 amide bonds. The fourth-order valence-electron chi connectivity index (χ4n) is 7.63. The lowest BCUT2D eigenvalue weighted by Crippen LogP contribution is -2.39. The third-order valence-electron chi connectivity index (χ3n) is 10.4. The van der Waals surface area contributed by atoms with Crippen LogP contribution < -0.4 is 19.1 Å². The molecule has 2 aliphatic rings. The largest absolute Gasteiger partial charge is 0.493 e. The Morgan fingerprint density at radius 2 is 1.69 bits per heavy atom. The zero-order valence-corrected chi connectivity index (χ0v) is 30.8. The first-order valence-corrected chi connectivity index (χ1v) is 18.1. The molecule has 1 unspecified atom stereocenters. The molecule has 7 rings (SSSR count). The number of likely N-dealkylation sites (tertiary alicyclic amines) is 1. The van der Waals surface area contributed by atoms with E-state index in [-0.39, 0.29) is 11.3 Å². The summed E-state index contributed by atoms with van der Waals surface area (Å²) < 4.78 is 24.6. The summed E-state index contributed by atoms with van der Waals surface area (Å²) in [5.41, 5.74) is 3.37. The Morgan fingerprint density at radius 1 is 0.882 bits per heavy atom. The van der Waals surface area contributed by atoms with E-state index in [0.29, 0.717) is 52.5 Å². The van der Waals surface area contributed by atoms with Gasteiger partial charge in [-0.05, 0) is 86.4 Å². The molecule has 0 saturated carbocycles. The zero-order chi connectivity index (χ0) is 35.5. The lowest BCUT2D eigenvalue weighted by atomic mass is 9.76. The Morgan fingerprint density at radius 3 is 2.41 bits per heavy atom. The van der Waals surface area contributed by atoms with E-state index in [9.17, 15) is 4.79 Å². The lowest BCUT2D eigenvalue weighted by molar-refractivity contribution is 0.0780. The SMILES string of the molecule is COc1cc(C(=O)N2CCC(CCN3CCCN(c4nc5ccccc5n4Cc4ccco4)CC3)(c3ccc(Cl)c(Cl)c3)C2)cc(OC)c1OC. The Hall–Kier alpha value is -4.38. The summed E-state index contributed by atoms with van der Waals surface area (Å²) in [6.45, 7) is 6.30. The molecule has 3 aromatic carbocycles. The number of nitrogens with zero attached hydrogens (tertiary/aromatic N) is 5. The van der Waals surface area contributed by atoms with Gasteiger partial charge in [-0.15, -0.1) is 0 Å². The lowest BCUT2D eigenvalue weighted by Gasteiger charge is -2.33. The molecule has 0 radical (unpaired) electrons. The molecule has 0 bridgehead atoms. The number of hydrogen-bond donors (Lipinski definition) is 0. The number of anilines is 1. The van der Waals surface area contributed by atoms with Crippen molar-refractivity contribution in [3.05, 3.63) is 99.9 Å². The number of fused-ring (bicyclic) bond motifs is 1. The highest BCUT2D eigenvalue weighted by molar-refractivity contribution is 6.42. The Labute approximate surface area is 308 Å². The van der Waals surface area contributed by atoms with Gasteiger partial charge in [0.05, 0.1) is 55.2 Å². The van der Waals surface area contributed by atoms with E-state index in [0.717, 1.165) is 80.3 Å². The molecule has 5 aromatic rings. The number of amides is 1. The van der Waals surface area contributed by atoms with E-state index >= 15 is 0 Å². The smallest absolute Gasteiger partial charge is 0.254 e. The van der Waals surface area contributed by atoms with Gasteiger partial charge >= 0.3 is 0 Å². The number of rotatable bonds is 11. The molecule has 0 spiro atoms. The molecule has 0 N–H and O–H groups in total. The van der Waals surface area contributed by atoms with Crippen LogP contribution in [-0.2, 0) is 12.0 Å². The number of furan rings is 1. The quantitative estimate of drug-likeness (QED) is 0.139. The van der Waals surface area contributed by atoms with Crippen LogP contribution in [0.2, 0.25) is 10.0 Å². The van der Waals surface area contributed by atoms with E-state index in [1.54, 1.807) is 39.7 Å². The number of carbonyl (C=O) groups is 1. The van der Waals surface area contributed by atoms with Crippen LogP contribution in [0.25, 0.3) is 11.0 Å². The first-order valence-electron chi connectivity index (χ1n) is 17.3. The van der Waals surface area contributed by atoms with Gasteiger partial charge < -0.3 is 37.9 Å². The van der Waals surface area contributed by atoms with Gasteiger partial charge in [0.25, 0.3) is 5.91 Å². The number of para-hydroxylation sites is 2. The minimum atomic E-state index is -0.298. The van der Waals surface area contributed by atoms with Gasteiger partial charge in [0.15, 0.2) is 11.5 Å². The average Bonchev–Trinajstić information content (AvgIpc) is 3.88. The molecule has 268 valence electrons. The van der Waals surface area contributed by atoms with Crippen LogP contribution >= 0.6 is 23.2 Å². The minimum Gasteiger partial charge on any atom is -0.493 e. The van der Waals surface area contributed by atoms with Crippen molar-refractivity contribution in [3.63, 3.8) is 0 Å². The second-order valence-corrected chi connectivity index (χ2v) is 14.1. The number of methoxy groups -OCH3 is 3. The summed E-state index contributed by atoms with van der Waals surface area (Å²) in [5, 5.41) is 1.04. The number of aromatic nitrogens is 2. The summed E-state index contributed by atoms with van der Waals surface area (Å²) in [4.78, 5) is 26.0. The van der Waals surface area contributed by atoms with Gasteiger partial charge in [-0.1, -0.05) is 41.4 Å². The van der Waals surface area contributed by atoms with Gasteiger partial charge in [-0.2, -0.15) is 0 Å². The zero-order valence-electron chi connectivity index (χ0n) is 29.2. The van der Waals surface area contributed by atoms with Gasteiger partial charge in [0, 0.05) is 43.7 Å². The molecular formula is C39H43Cl2N5O5. The van der Waals surface area contributed by atoms with E-state index in [4.69, 9.17) is 46.8 Å². The molecule has 10 nitrogen and oxygen atoms in total. The fourth-order valence-corrected chi connectivity index (χ4v) is 7.93. The molecule has 2 saturated heterocycles. The number of benzene rings is 3. The maximum absolute atomic E-state index is 14.0. The maximum atomic E-state index is 14.0. The van der Waals surface area contributed by atoms with Crippen LogP contribution in [0, 0.1) is 0 Å². The second-order valence-electron chi connectivity index (χ2n) is 13.3. The predicted molar refractivity (Wildman–Crippen MR) is 200 cm³/mol. The second kappa shape index (κ2) is 15.1. The first kappa shape index (κ1) is 35.0. The molecule has 4 heterocycles. The van der Waals surface area contributed by atoms with E-state index in [2.05, 4.69) is 38.6 Å². The van der Waals surface area contributed by atoms with Crippen LogP contribution in [0.4, 0.5) is 5.95 Å². The Kier molecular flexibility index (Phi) is 10.4. The van der Waals surface area contributed by atoms with Gasteiger partial charge in [-0.3, -0.25) is 4.79 Å². The molecule has 0 aliphatic carbocycles. The Balaban J connectivity index is 1.09. The molecular weight excluding hydrogens is 689 g/mol. The third kappa shape index (κ3) is 7.09.